The van der Waals surface area contributed by atoms with Gasteiger partial charge in [-0.3, -0.25) is 10.1 Å². The van der Waals surface area contributed by atoms with Crippen LogP contribution in [0.3, 0.4) is 0 Å². The Hall–Kier alpha value is -1.81. The van der Waals surface area contributed by atoms with E-state index in [0.717, 1.165) is 27.5 Å². The molecule has 2 aromatic carbocycles. The molecule has 0 aliphatic heterocycles. The van der Waals surface area contributed by atoms with E-state index in [1.54, 1.807) is 0 Å². The van der Waals surface area contributed by atoms with Crippen LogP contribution < -0.4 is 5.32 Å². The number of carbonyl (C=O) groups is 1. The Bertz CT molecular complexity index is 1110. The van der Waals surface area contributed by atoms with Crippen LogP contribution in [-0.4, -0.2) is 36.7 Å². The van der Waals surface area contributed by atoms with Crippen molar-refractivity contribution in [3.05, 3.63) is 52.5 Å². The van der Waals surface area contributed by atoms with Crippen LogP contribution in [-0.2, 0) is 10.0 Å². The molecule has 0 aliphatic rings. The molecule has 0 saturated heterocycles. The maximum absolute atomic E-state index is 12.8. The summed E-state index contributed by atoms with van der Waals surface area (Å²) in [5.41, 5.74) is 1.17. The predicted molar refractivity (Wildman–Crippen MR) is 121 cm³/mol. The second-order valence-electron chi connectivity index (χ2n) is 6.43. The van der Waals surface area contributed by atoms with Crippen molar-refractivity contribution in [2.24, 2.45) is 0 Å². The monoisotopic (exact) mass is 495 g/mol. The quantitative estimate of drug-likeness (QED) is 0.470. The summed E-state index contributed by atoms with van der Waals surface area (Å²) in [6, 6.07) is 11.8. The van der Waals surface area contributed by atoms with E-state index in [4.69, 9.17) is 0 Å². The van der Waals surface area contributed by atoms with Gasteiger partial charge in [0, 0.05) is 23.1 Å². The number of para-hydroxylation sites is 1. The van der Waals surface area contributed by atoms with Gasteiger partial charge in [0.1, 0.15) is 0 Å². The lowest BCUT2D eigenvalue weighted by Crippen LogP contribution is -2.31. The molecule has 0 saturated carbocycles. The lowest BCUT2D eigenvalue weighted by Gasteiger charge is -2.20. The number of hydrogen-bond donors (Lipinski definition) is 1. The highest BCUT2D eigenvalue weighted by Gasteiger charge is 2.22. The summed E-state index contributed by atoms with van der Waals surface area (Å²) in [6.07, 6.45) is 1.74. The number of unbranched alkanes of at least 4 members (excludes halogenated alkanes) is 1. The fourth-order valence-electron chi connectivity index (χ4n) is 2.85. The van der Waals surface area contributed by atoms with Crippen molar-refractivity contribution in [2.75, 3.05) is 18.4 Å². The van der Waals surface area contributed by atoms with Gasteiger partial charge in [0.25, 0.3) is 5.91 Å². The average molecular weight is 496 g/mol. The standard InChI is InChI=1S/C20H22BrN3O3S2/c1-3-5-13-24(4-2)29(26,27)15-11-9-14(10-12-15)19(25)23-20-22-18-16(21)7-6-8-17(18)28-20/h6-12H,3-5,13H2,1-2H3,(H,22,23,25). The number of hydrogen-bond acceptors (Lipinski definition) is 5. The zero-order chi connectivity index (χ0) is 21.0. The number of aromatic nitrogens is 1. The van der Waals surface area contributed by atoms with Gasteiger partial charge in [0.2, 0.25) is 10.0 Å². The van der Waals surface area contributed by atoms with E-state index >= 15 is 0 Å². The number of rotatable bonds is 8. The average Bonchev–Trinajstić information content (AvgIpc) is 3.12. The number of nitrogens with zero attached hydrogens (tertiary/aromatic N) is 2. The van der Waals surface area contributed by atoms with Crippen molar-refractivity contribution < 1.29 is 13.2 Å². The van der Waals surface area contributed by atoms with Crippen LogP contribution in [0, 0.1) is 0 Å². The molecule has 0 fully saturated rings. The number of carbonyl (C=O) groups excluding carboxylic acids is 1. The molecule has 3 rings (SSSR count). The van der Waals surface area contributed by atoms with Crippen LogP contribution in [0.2, 0.25) is 0 Å². The number of fused-ring (bicyclic) bond motifs is 1. The summed E-state index contributed by atoms with van der Waals surface area (Å²) in [5.74, 6) is -0.331. The van der Waals surface area contributed by atoms with Crippen molar-refractivity contribution in [2.45, 2.75) is 31.6 Å². The molecule has 1 N–H and O–H groups in total. The van der Waals surface area contributed by atoms with Gasteiger partial charge in [-0.2, -0.15) is 4.31 Å². The first-order chi connectivity index (χ1) is 13.9. The first-order valence-electron chi connectivity index (χ1n) is 9.33. The van der Waals surface area contributed by atoms with E-state index in [-0.39, 0.29) is 10.8 Å². The number of amides is 1. The summed E-state index contributed by atoms with van der Waals surface area (Å²) in [5, 5.41) is 3.27. The van der Waals surface area contributed by atoms with Gasteiger partial charge in [0.15, 0.2) is 5.13 Å². The largest absolute Gasteiger partial charge is 0.298 e. The Morgan fingerprint density at radius 1 is 1.17 bits per heavy atom. The molecular formula is C20H22BrN3O3S2. The second-order valence-corrected chi connectivity index (χ2v) is 10.3. The Labute approximate surface area is 183 Å². The van der Waals surface area contributed by atoms with Crippen molar-refractivity contribution in [3.8, 4) is 0 Å². The topological polar surface area (TPSA) is 79.4 Å². The van der Waals surface area contributed by atoms with Crippen LogP contribution >= 0.6 is 27.3 Å². The van der Waals surface area contributed by atoms with E-state index in [9.17, 15) is 13.2 Å². The Kier molecular flexibility index (Phi) is 7.05. The number of halogens is 1. The minimum absolute atomic E-state index is 0.191. The first-order valence-corrected chi connectivity index (χ1v) is 12.4. The van der Waals surface area contributed by atoms with Crippen molar-refractivity contribution in [1.82, 2.24) is 9.29 Å². The minimum atomic E-state index is -3.56. The van der Waals surface area contributed by atoms with E-state index < -0.39 is 10.0 Å². The number of benzene rings is 2. The molecule has 0 spiro atoms. The molecule has 6 nitrogen and oxygen atoms in total. The first kappa shape index (κ1) is 21.9. The molecule has 3 aromatic rings. The van der Waals surface area contributed by atoms with Crippen LogP contribution in [0.4, 0.5) is 5.13 Å². The molecule has 0 unspecified atom stereocenters. The van der Waals surface area contributed by atoms with Crippen molar-refractivity contribution in [1.29, 1.82) is 0 Å². The zero-order valence-electron chi connectivity index (χ0n) is 16.2. The van der Waals surface area contributed by atoms with E-state index in [2.05, 4.69) is 26.2 Å². The Morgan fingerprint density at radius 2 is 1.90 bits per heavy atom. The van der Waals surface area contributed by atoms with Gasteiger partial charge < -0.3 is 0 Å². The van der Waals surface area contributed by atoms with Gasteiger partial charge in [-0.1, -0.05) is 37.7 Å². The third kappa shape index (κ3) is 4.85. The summed E-state index contributed by atoms with van der Waals surface area (Å²) < 4.78 is 28.9. The highest BCUT2D eigenvalue weighted by atomic mass is 79.9. The summed E-state index contributed by atoms with van der Waals surface area (Å²) in [6.45, 7) is 4.76. The van der Waals surface area contributed by atoms with Crippen molar-refractivity contribution in [3.63, 3.8) is 0 Å². The van der Waals surface area contributed by atoms with Gasteiger partial charge in [-0.05, 0) is 58.7 Å². The number of anilines is 1. The predicted octanol–water partition coefficient (Wildman–Crippen LogP) is 5.12. The fourth-order valence-corrected chi connectivity index (χ4v) is 5.81. The highest BCUT2D eigenvalue weighted by molar-refractivity contribution is 9.10. The maximum atomic E-state index is 12.8. The third-order valence-corrected chi connectivity index (χ3v) is 8.02. The molecule has 0 atom stereocenters. The smallest absolute Gasteiger partial charge is 0.257 e. The molecule has 1 heterocycles. The molecule has 9 heteroatoms. The van der Waals surface area contributed by atoms with Crippen LogP contribution in [0.15, 0.2) is 51.8 Å². The van der Waals surface area contributed by atoms with Gasteiger partial charge in [-0.15, -0.1) is 0 Å². The van der Waals surface area contributed by atoms with Crippen LogP contribution in [0.5, 0.6) is 0 Å². The number of nitrogens with one attached hydrogen (secondary N) is 1. The summed E-state index contributed by atoms with van der Waals surface area (Å²) in [4.78, 5) is 17.2. The van der Waals surface area contributed by atoms with E-state index in [0.29, 0.717) is 23.8 Å². The minimum Gasteiger partial charge on any atom is -0.298 e. The SMILES string of the molecule is CCCCN(CC)S(=O)(=O)c1ccc(C(=O)Nc2nc3c(Br)cccc3s2)cc1. The fraction of sp³-hybridized carbons (Fsp3) is 0.300. The highest BCUT2D eigenvalue weighted by Crippen LogP contribution is 2.31. The summed E-state index contributed by atoms with van der Waals surface area (Å²) in [7, 11) is -3.56. The zero-order valence-corrected chi connectivity index (χ0v) is 19.4. The molecule has 1 aromatic heterocycles. The molecule has 29 heavy (non-hydrogen) atoms. The van der Waals surface area contributed by atoms with E-state index in [1.165, 1.54) is 39.9 Å². The lowest BCUT2D eigenvalue weighted by molar-refractivity contribution is 0.102. The van der Waals surface area contributed by atoms with Crippen LogP contribution in [0.25, 0.3) is 10.2 Å². The molecule has 0 radical (unpaired) electrons. The Morgan fingerprint density at radius 3 is 2.52 bits per heavy atom. The normalized spacial score (nSPS) is 11.9. The number of thiazole rings is 1. The third-order valence-electron chi connectivity index (χ3n) is 4.46. The molecular weight excluding hydrogens is 474 g/mol. The molecule has 154 valence electrons. The summed E-state index contributed by atoms with van der Waals surface area (Å²) >= 11 is 4.83. The molecule has 0 aliphatic carbocycles. The van der Waals surface area contributed by atoms with Gasteiger partial charge >= 0.3 is 0 Å². The maximum Gasteiger partial charge on any atom is 0.257 e. The second kappa shape index (κ2) is 9.34. The van der Waals surface area contributed by atoms with Gasteiger partial charge in [-0.25, -0.2) is 13.4 Å². The van der Waals surface area contributed by atoms with E-state index in [1.807, 2.05) is 32.0 Å². The molecule has 0 bridgehead atoms. The molecule has 1 amide bonds. The Balaban J connectivity index is 1.76. The van der Waals surface area contributed by atoms with Gasteiger partial charge in [0.05, 0.1) is 15.1 Å². The lowest BCUT2D eigenvalue weighted by atomic mass is 10.2. The van der Waals surface area contributed by atoms with Crippen LogP contribution in [0.1, 0.15) is 37.0 Å². The van der Waals surface area contributed by atoms with Crippen molar-refractivity contribution >= 4 is 58.5 Å². The number of sulfonamides is 1.